The molecule has 0 aliphatic rings. The molecular weight excluding hydrogens is 212 g/mol. The van der Waals surface area contributed by atoms with Gasteiger partial charge in [0.2, 0.25) is 0 Å². The second-order valence-electron chi connectivity index (χ2n) is 4.78. The van der Waals surface area contributed by atoms with E-state index in [-0.39, 0.29) is 12.1 Å². The van der Waals surface area contributed by atoms with Gasteiger partial charge in [0.15, 0.2) is 0 Å². The van der Waals surface area contributed by atoms with Crippen LogP contribution in [0.1, 0.15) is 63.0 Å². The van der Waals surface area contributed by atoms with Crippen molar-refractivity contribution in [3.05, 3.63) is 17.0 Å². The van der Waals surface area contributed by atoms with Crippen LogP contribution in [0.5, 0.6) is 0 Å². The van der Waals surface area contributed by atoms with Crippen molar-refractivity contribution in [1.29, 1.82) is 0 Å². The van der Waals surface area contributed by atoms with Crippen LogP contribution in [0.3, 0.4) is 0 Å². The van der Waals surface area contributed by atoms with Crippen LogP contribution in [0.2, 0.25) is 0 Å². The van der Waals surface area contributed by atoms with Crippen LogP contribution >= 0.6 is 0 Å². The van der Waals surface area contributed by atoms with E-state index in [1.54, 1.807) is 0 Å². The zero-order chi connectivity index (χ0) is 13.0. The van der Waals surface area contributed by atoms with Crippen LogP contribution in [0, 0.1) is 13.8 Å². The average molecular weight is 238 g/mol. The number of aliphatic hydroxyl groups excluding tert-OH is 1. The van der Waals surface area contributed by atoms with Gasteiger partial charge in [0, 0.05) is 5.69 Å². The second-order valence-corrected chi connectivity index (χ2v) is 4.78. The number of aromatic nitrogens is 2. The van der Waals surface area contributed by atoms with E-state index < -0.39 is 0 Å². The molecule has 2 unspecified atom stereocenters. The van der Waals surface area contributed by atoms with Gasteiger partial charge in [-0.25, -0.2) is 0 Å². The summed E-state index contributed by atoms with van der Waals surface area (Å²) in [5.41, 5.74) is 3.64. The molecule has 1 aromatic rings. The van der Waals surface area contributed by atoms with Crippen LogP contribution in [0.4, 0.5) is 0 Å². The molecule has 0 saturated carbocycles. The second kappa shape index (κ2) is 6.20. The summed E-state index contributed by atoms with van der Waals surface area (Å²) in [5.74, 6) is 0. The number of rotatable bonds is 6. The molecule has 1 aromatic heterocycles. The zero-order valence-corrected chi connectivity index (χ0v) is 11.8. The molecule has 0 aromatic carbocycles. The molecule has 3 heteroatoms. The minimum absolute atomic E-state index is 0.119. The lowest BCUT2D eigenvalue weighted by Gasteiger charge is -2.23. The lowest BCUT2D eigenvalue weighted by atomic mass is 10.0. The van der Waals surface area contributed by atoms with Gasteiger partial charge in [-0.3, -0.25) is 4.68 Å². The van der Waals surface area contributed by atoms with Crippen molar-refractivity contribution in [3.8, 4) is 0 Å². The fourth-order valence-electron chi connectivity index (χ4n) is 2.63. The fraction of sp³-hybridized carbons (Fsp3) is 0.786. The number of nitrogens with zero attached hydrogens (tertiary/aromatic N) is 2. The van der Waals surface area contributed by atoms with Crippen molar-refractivity contribution in [2.75, 3.05) is 0 Å². The number of hydrogen-bond acceptors (Lipinski definition) is 2. The minimum Gasteiger partial charge on any atom is -0.391 e. The highest BCUT2D eigenvalue weighted by molar-refractivity contribution is 5.24. The maximum atomic E-state index is 10.2. The highest BCUT2D eigenvalue weighted by atomic mass is 16.3. The van der Waals surface area contributed by atoms with Crippen molar-refractivity contribution in [1.82, 2.24) is 9.78 Å². The number of aliphatic hydroxyl groups is 1. The summed E-state index contributed by atoms with van der Waals surface area (Å²) in [6, 6.07) is 0.119. The van der Waals surface area contributed by atoms with Gasteiger partial charge < -0.3 is 5.11 Å². The van der Waals surface area contributed by atoms with Crippen molar-refractivity contribution in [2.45, 2.75) is 72.4 Å². The average Bonchev–Trinajstić information content (AvgIpc) is 2.56. The van der Waals surface area contributed by atoms with Gasteiger partial charge in [0.05, 0.1) is 17.8 Å². The lowest BCUT2D eigenvalue weighted by Crippen LogP contribution is -2.25. The standard InChI is InChI=1S/C14H26N2O/c1-6-9-14(17)13(8-3)16-11(5)12(7-2)10(4)15-16/h13-14,17H,6-9H2,1-5H3. The van der Waals surface area contributed by atoms with Gasteiger partial charge in [-0.2, -0.15) is 5.10 Å². The Labute approximate surface area is 105 Å². The first-order chi connectivity index (χ1) is 8.06. The molecule has 1 rings (SSSR count). The van der Waals surface area contributed by atoms with Gasteiger partial charge in [-0.1, -0.05) is 27.2 Å². The summed E-state index contributed by atoms with van der Waals surface area (Å²) in [5, 5.41) is 14.8. The van der Waals surface area contributed by atoms with Crippen molar-refractivity contribution >= 4 is 0 Å². The van der Waals surface area contributed by atoms with Gasteiger partial charge in [-0.15, -0.1) is 0 Å². The van der Waals surface area contributed by atoms with Crippen LogP contribution in [-0.2, 0) is 6.42 Å². The third kappa shape index (κ3) is 2.89. The Morgan fingerprint density at radius 3 is 2.29 bits per heavy atom. The zero-order valence-electron chi connectivity index (χ0n) is 11.8. The van der Waals surface area contributed by atoms with E-state index in [1.807, 2.05) is 4.68 Å². The van der Waals surface area contributed by atoms with Crippen molar-refractivity contribution in [3.63, 3.8) is 0 Å². The Morgan fingerprint density at radius 1 is 1.24 bits per heavy atom. The quantitative estimate of drug-likeness (QED) is 0.826. The van der Waals surface area contributed by atoms with E-state index >= 15 is 0 Å². The largest absolute Gasteiger partial charge is 0.391 e. The van der Waals surface area contributed by atoms with Crippen LogP contribution < -0.4 is 0 Å². The van der Waals surface area contributed by atoms with Crippen LogP contribution in [0.15, 0.2) is 0 Å². The first kappa shape index (κ1) is 14.2. The summed E-state index contributed by atoms with van der Waals surface area (Å²) < 4.78 is 2.04. The smallest absolute Gasteiger partial charge is 0.0778 e. The Bertz CT molecular complexity index is 357. The molecule has 0 aliphatic heterocycles. The predicted molar refractivity (Wildman–Crippen MR) is 71.3 cm³/mol. The fourth-order valence-corrected chi connectivity index (χ4v) is 2.63. The monoisotopic (exact) mass is 238 g/mol. The summed E-state index contributed by atoms with van der Waals surface area (Å²) in [6.45, 7) is 10.5. The molecule has 1 N–H and O–H groups in total. The van der Waals surface area contributed by atoms with Gasteiger partial charge in [0.25, 0.3) is 0 Å². The third-order valence-electron chi connectivity index (χ3n) is 3.59. The normalized spacial score (nSPS) is 14.9. The molecule has 98 valence electrons. The Hall–Kier alpha value is -0.830. The highest BCUT2D eigenvalue weighted by Gasteiger charge is 2.22. The number of aryl methyl sites for hydroxylation is 1. The summed E-state index contributed by atoms with van der Waals surface area (Å²) in [4.78, 5) is 0. The van der Waals surface area contributed by atoms with E-state index in [9.17, 15) is 5.11 Å². The number of hydrogen-bond donors (Lipinski definition) is 1. The van der Waals surface area contributed by atoms with E-state index in [2.05, 4.69) is 39.7 Å². The van der Waals surface area contributed by atoms with E-state index in [0.29, 0.717) is 0 Å². The first-order valence-corrected chi connectivity index (χ1v) is 6.79. The Morgan fingerprint density at radius 2 is 1.88 bits per heavy atom. The van der Waals surface area contributed by atoms with Gasteiger partial charge in [0.1, 0.15) is 0 Å². The van der Waals surface area contributed by atoms with E-state index in [1.165, 1.54) is 11.3 Å². The summed E-state index contributed by atoms with van der Waals surface area (Å²) >= 11 is 0. The molecule has 0 bridgehead atoms. The molecule has 3 nitrogen and oxygen atoms in total. The topological polar surface area (TPSA) is 38.0 Å². The maximum absolute atomic E-state index is 10.2. The summed E-state index contributed by atoms with van der Waals surface area (Å²) in [6.07, 6.45) is 3.51. The molecular formula is C14H26N2O. The SMILES string of the molecule is CCCC(O)C(CC)n1nc(C)c(CC)c1C. The van der Waals surface area contributed by atoms with Gasteiger partial charge >= 0.3 is 0 Å². The molecule has 0 radical (unpaired) electrons. The molecule has 0 amide bonds. The first-order valence-electron chi connectivity index (χ1n) is 6.79. The third-order valence-corrected chi connectivity index (χ3v) is 3.59. The van der Waals surface area contributed by atoms with Gasteiger partial charge in [-0.05, 0) is 38.7 Å². The Balaban J connectivity index is 3.04. The molecule has 1 heterocycles. The highest BCUT2D eigenvalue weighted by Crippen LogP contribution is 2.24. The van der Waals surface area contributed by atoms with Crippen LogP contribution in [-0.4, -0.2) is 21.0 Å². The molecule has 0 aliphatic carbocycles. The van der Waals surface area contributed by atoms with E-state index in [0.717, 1.165) is 31.4 Å². The molecule has 2 atom stereocenters. The van der Waals surface area contributed by atoms with Crippen molar-refractivity contribution in [2.24, 2.45) is 0 Å². The molecule has 0 spiro atoms. The predicted octanol–water partition coefficient (Wildman–Crippen LogP) is 3.17. The van der Waals surface area contributed by atoms with Crippen molar-refractivity contribution < 1.29 is 5.11 Å². The van der Waals surface area contributed by atoms with E-state index in [4.69, 9.17) is 0 Å². The molecule has 0 saturated heterocycles. The molecule has 17 heavy (non-hydrogen) atoms. The lowest BCUT2D eigenvalue weighted by molar-refractivity contribution is 0.0929. The van der Waals surface area contributed by atoms with Crippen LogP contribution in [0.25, 0.3) is 0 Å². The maximum Gasteiger partial charge on any atom is 0.0778 e. The molecule has 0 fully saturated rings. The minimum atomic E-state index is -0.285. The Kier molecular flexibility index (Phi) is 5.19. The summed E-state index contributed by atoms with van der Waals surface area (Å²) in [7, 11) is 0.